The molecule has 0 saturated carbocycles. The summed E-state index contributed by atoms with van der Waals surface area (Å²) in [4.78, 5) is 54.3. The summed E-state index contributed by atoms with van der Waals surface area (Å²) in [6.07, 6.45) is 6.22. The monoisotopic (exact) mass is 443 g/mol. The molecule has 0 spiro atoms. The van der Waals surface area contributed by atoms with Crippen molar-refractivity contribution < 1.29 is 9.59 Å². The Kier molecular flexibility index (Phi) is 5.73. The smallest absolute Gasteiger partial charge is 0.255 e. The van der Waals surface area contributed by atoms with Crippen LogP contribution < -0.4 is 5.56 Å². The molecule has 3 aromatic rings. The third-order valence-electron chi connectivity index (χ3n) is 6.39. The predicted molar refractivity (Wildman–Crippen MR) is 122 cm³/mol. The van der Waals surface area contributed by atoms with E-state index in [9.17, 15) is 14.4 Å². The van der Waals surface area contributed by atoms with E-state index in [1.165, 1.54) is 0 Å². The molecule has 1 unspecified atom stereocenters. The highest BCUT2D eigenvalue weighted by molar-refractivity contribution is 5.94. The third-order valence-corrected chi connectivity index (χ3v) is 6.39. The zero-order valence-electron chi connectivity index (χ0n) is 18.2. The lowest BCUT2D eigenvalue weighted by atomic mass is 9.99. The number of carbonyl (C=O) groups excluding carboxylic acids is 2. The van der Waals surface area contributed by atoms with Crippen LogP contribution in [0.3, 0.4) is 0 Å². The Labute approximate surface area is 191 Å². The highest BCUT2D eigenvalue weighted by atomic mass is 16.2. The number of piperidine rings is 1. The molecule has 0 bridgehead atoms. The molecule has 2 aliphatic rings. The number of amides is 2. The highest BCUT2D eigenvalue weighted by Gasteiger charge is 2.32. The fourth-order valence-electron chi connectivity index (χ4n) is 4.67. The number of aromatic nitrogens is 3. The van der Waals surface area contributed by atoms with Gasteiger partial charge in [0, 0.05) is 36.6 Å². The van der Waals surface area contributed by atoms with Gasteiger partial charge in [-0.3, -0.25) is 19.4 Å². The summed E-state index contributed by atoms with van der Waals surface area (Å²) in [5.74, 6) is 0.309. The van der Waals surface area contributed by atoms with Gasteiger partial charge in [0.25, 0.3) is 17.4 Å². The molecule has 1 N–H and O–H groups in total. The van der Waals surface area contributed by atoms with Crippen LogP contribution in [0.25, 0.3) is 0 Å². The van der Waals surface area contributed by atoms with Gasteiger partial charge in [0.05, 0.1) is 23.8 Å². The number of hydrogen-bond acceptors (Lipinski definition) is 5. The van der Waals surface area contributed by atoms with E-state index in [-0.39, 0.29) is 30.0 Å². The molecule has 2 aromatic heterocycles. The molecule has 0 aliphatic carbocycles. The number of pyridine rings is 1. The van der Waals surface area contributed by atoms with Crippen LogP contribution in [0.4, 0.5) is 0 Å². The van der Waals surface area contributed by atoms with Crippen molar-refractivity contribution in [2.24, 2.45) is 0 Å². The number of H-pyrrole nitrogens is 1. The first-order valence-corrected chi connectivity index (χ1v) is 11.3. The molecule has 1 atom stereocenters. The quantitative estimate of drug-likeness (QED) is 0.671. The fraction of sp³-hybridized carbons (Fsp3) is 0.320. The Morgan fingerprint density at radius 3 is 2.58 bits per heavy atom. The Morgan fingerprint density at radius 1 is 0.970 bits per heavy atom. The molecule has 1 aromatic carbocycles. The summed E-state index contributed by atoms with van der Waals surface area (Å²) < 4.78 is 0. The minimum atomic E-state index is -0.297. The van der Waals surface area contributed by atoms with Gasteiger partial charge >= 0.3 is 0 Å². The number of rotatable bonds is 3. The number of likely N-dealkylation sites (tertiary alicyclic amines) is 1. The Balaban J connectivity index is 1.44. The van der Waals surface area contributed by atoms with Crippen LogP contribution in [0, 0.1) is 0 Å². The molecule has 1 fully saturated rings. The van der Waals surface area contributed by atoms with Crippen molar-refractivity contribution in [2.45, 2.75) is 38.3 Å². The lowest BCUT2D eigenvalue weighted by molar-refractivity contribution is 0.0598. The molecule has 4 heterocycles. The van der Waals surface area contributed by atoms with Crippen molar-refractivity contribution in [1.29, 1.82) is 0 Å². The number of nitrogens with one attached hydrogen (secondary N) is 1. The fourth-order valence-corrected chi connectivity index (χ4v) is 4.67. The van der Waals surface area contributed by atoms with E-state index in [2.05, 4.69) is 9.97 Å². The van der Waals surface area contributed by atoms with E-state index < -0.39 is 0 Å². The summed E-state index contributed by atoms with van der Waals surface area (Å²) in [6.45, 7) is 1.33. The van der Waals surface area contributed by atoms with E-state index in [0.29, 0.717) is 47.7 Å². The Hall–Kier alpha value is -3.81. The number of aromatic amines is 1. The number of fused-ring (bicyclic) bond motifs is 1. The summed E-state index contributed by atoms with van der Waals surface area (Å²) >= 11 is 0. The normalized spacial score (nSPS) is 18.0. The average Bonchev–Trinajstić information content (AvgIpc) is 2.88. The van der Waals surface area contributed by atoms with Crippen LogP contribution in [-0.2, 0) is 13.0 Å². The van der Waals surface area contributed by atoms with Crippen LogP contribution in [0.15, 0.2) is 59.7 Å². The second-order valence-electron chi connectivity index (χ2n) is 8.47. The average molecular weight is 444 g/mol. The topological polar surface area (TPSA) is 99.3 Å². The molecule has 8 nitrogen and oxygen atoms in total. The van der Waals surface area contributed by atoms with Gasteiger partial charge in [-0.05, 0) is 49.9 Å². The van der Waals surface area contributed by atoms with Crippen LogP contribution >= 0.6 is 0 Å². The van der Waals surface area contributed by atoms with Crippen molar-refractivity contribution in [3.8, 4) is 0 Å². The second kappa shape index (κ2) is 8.97. The predicted octanol–water partition coefficient (Wildman–Crippen LogP) is 2.73. The molecular formula is C25H25N5O3. The van der Waals surface area contributed by atoms with Crippen LogP contribution in [-0.4, -0.2) is 49.7 Å². The van der Waals surface area contributed by atoms with Crippen LogP contribution in [0.5, 0.6) is 0 Å². The standard InChI is InChI=1S/C25H25N5O3/c31-23-19-11-14-29(24(32)18-9-6-12-26-15-18)16-20(19)27-22(28-23)21-10-4-5-13-30(21)25(33)17-7-2-1-3-8-17/h1-3,6-9,12,15,21H,4-5,10-11,13-14,16H2,(H,27,28,31). The summed E-state index contributed by atoms with van der Waals surface area (Å²) in [5, 5.41) is 0. The third kappa shape index (κ3) is 4.16. The largest absolute Gasteiger partial charge is 0.332 e. The minimum absolute atomic E-state index is 0.0611. The first kappa shape index (κ1) is 21.1. The Bertz CT molecular complexity index is 1230. The highest BCUT2D eigenvalue weighted by Crippen LogP contribution is 2.30. The van der Waals surface area contributed by atoms with Crippen molar-refractivity contribution in [1.82, 2.24) is 24.8 Å². The van der Waals surface area contributed by atoms with Gasteiger partial charge in [0.1, 0.15) is 5.82 Å². The van der Waals surface area contributed by atoms with E-state index in [4.69, 9.17) is 4.98 Å². The zero-order valence-corrected chi connectivity index (χ0v) is 18.2. The van der Waals surface area contributed by atoms with Crippen molar-refractivity contribution >= 4 is 11.8 Å². The van der Waals surface area contributed by atoms with Gasteiger partial charge < -0.3 is 14.8 Å². The number of nitrogens with zero attached hydrogens (tertiary/aromatic N) is 4. The van der Waals surface area contributed by atoms with Gasteiger partial charge in [-0.15, -0.1) is 0 Å². The maximum absolute atomic E-state index is 13.2. The van der Waals surface area contributed by atoms with Gasteiger partial charge in [-0.25, -0.2) is 4.98 Å². The molecule has 168 valence electrons. The summed E-state index contributed by atoms with van der Waals surface area (Å²) in [5.41, 5.74) is 2.18. The first-order chi connectivity index (χ1) is 16.1. The van der Waals surface area contributed by atoms with E-state index in [0.717, 1.165) is 19.3 Å². The number of carbonyl (C=O) groups is 2. The van der Waals surface area contributed by atoms with Crippen LogP contribution in [0.1, 0.15) is 63.1 Å². The first-order valence-electron chi connectivity index (χ1n) is 11.3. The molecule has 8 heteroatoms. The molecule has 0 radical (unpaired) electrons. The molecule has 2 aliphatic heterocycles. The van der Waals surface area contributed by atoms with Gasteiger partial charge in [0.2, 0.25) is 0 Å². The van der Waals surface area contributed by atoms with Crippen molar-refractivity contribution in [2.75, 3.05) is 13.1 Å². The summed E-state index contributed by atoms with van der Waals surface area (Å²) in [7, 11) is 0. The molecule has 5 rings (SSSR count). The van der Waals surface area contributed by atoms with E-state index in [1.54, 1.807) is 41.6 Å². The van der Waals surface area contributed by atoms with Crippen LogP contribution in [0.2, 0.25) is 0 Å². The van der Waals surface area contributed by atoms with Gasteiger partial charge in [-0.1, -0.05) is 18.2 Å². The number of benzene rings is 1. The van der Waals surface area contributed by atoms with Crippen molar-refractivity contribution in [3.63, 3.8) is 0 Å². The lowest BCUT2D eigenvalue weighted by Crippen LogP contribution is -2.42. The van der Waals surface area contributed by atoms with Crippen molar-refractivity contribution in [3.05, 3.63) is 93.4 Å². The maximum atomic E-state index is 13.2. The lowest BCUT2D eigenvalue weighted by Gasteiger charge is -2.36. The minimum Gasteiger partial charge on any atom is -0.332 e. The van der Waals surface area contributed by atoms with Gasteiger partial charge in [-0.2, -0.15) is 0 Å². The summed E-state index contributed by atoms with van der Waals surface area (Å²) in [6, 6.07) is 12.3. The van der Waals surface area contributed by atoms with Gasteiger partial charge in [0.15, 0.2) is 0 Å². The Morgan fingerprint density at radius 2 is 1.79 bits per heavy atom. The maximum Gasteiger partial charge on any atom is 0.255 e. The number of hydrogen-bond donors (Lipinski definition) is 1. The second-order valence-corrected chi connectivity index (χ2v) is 8.47. The molecule has 2 amide bonds. The molecule has 33 heavy (non-hydrogen) atoms. The van der Waals surface area contributed by atoms with E-state index >= 15 is 0 Å². The van der Waals surface area contributed by atoms with E-state index in [1.807, 2.05) is 23.1 Å². The SMILES string of the molecule is O=C(c1cccnc1)N1CCc2c(nc(C3CCCCN3C(=O)c3ccccc3)[nH]c2=O)C1. The molecular weight excluding hydrogens is 418 g/mol. The zero-order chi connectivity index (χ0) is 22.8. The molecule has 1 saturated heterocycles.